The summed E-state index contributed by atoms with van der Waals surface area (Å²) in [6, 6.07) is 4.51. The van der Waals surface area contributed by atoms with Crippen molar-refractivity contribution in [3.63, 3.8) is 0 Å². The molecule has 0 heterocycles. The number of nitrogens with zero attached hydrogens (tertiary/aromatic N) is 1. The third-order valence-corrected chi connectivity index (χ3v) is 3.26. The highest BCUT2D eigenvalue weighted by Gasteiger charge is 2.27. The maximum Gasteiger partial charge on any atom is 0.405 e. The molecular formula is C13H14Cl2F3N3O2. The van der Waals surface area contributed by atoms with Gasteiger partial charge in [0.15, 0.2) is 0 Å². The highest BCUT2D eigenvalue weighted by molar-refractivity contribution is 6.42. The van der Waals surface area contributed by atoms with E-state index in [9.17, 15) is 22.8 Å². The Morgan fingerprint density at radius 1 is 1.13 bits per heavy atom. The van der Waals surface area contributed by atoms with Crippen molar-refractivity contribution in [3.8, 4) is 0 Å². The van der Waals surface area contributed by atoms with Crippen LogP contribution in [0, 0.1) is 0 Å². The minimum absolute atomic E-state index is 0.181. The molecule has 0 radical (unpaired) electrons. The van der Waals surface area contributed by atoms with Gasteiger partial charge in [0.2, 0.25) is 11.8 Å². The van der Waals surface area contributed by atoms with Crippen LogP contribution in [0.5, 0.6) is 0 Å². The monoisotopic (exact) mass is 371 g/mol. The molecule has 2 amide bonds. The molecule has 1 rings (SSSR count). The van der Waals surface area contributed by atoms with E-state index < -0.39 is 24.5 Å². The first-order valence-corrected chi connectivity index (χ1v) is 7.09. The number of halogens is 5. The Morgan fingerprint density at radius 3 is 2.30 bits per heavy atom. The molecule has 1 aromatic carbocycles. The molecule has 0 aromatic heterocycles. The van der Waals surface area contributed by atoms with Crippen LogP contribution in [0.3, 0.4) is 0 Å². The zero-order valence-corrected chi connectivity index (χ0v) is 13.5. The van der Waals surface area contributed by atoms with Crippen LogP contribution in [0.15, 0.2) is 18.2 Å². The number of anilines is 1. The third-order valence-electron chi connectivity index (χ3n) is 2.52. The van der Waals surface area contributed by atoms with E-state index in [1.54, 1.807) is 11.4 Å². The second-order valence-corrected chi connectivity index (χ2v) is 5.56. The quantitative estimate of drug-likeness (QED) is 0.807. The summed E-state index contributed by atoms with van der Waals surface area (Å²) in [5.74, 6) is -1.28. The van der Waals surface area contributed by atoms with Crippen molar-refractivity contribution in [2.45, 2.75) is 6.18 Å². The Bertz CT molecular complexity index is 582. The predicted octanol–water partition coefficient (Wildman–Crippen LogP) is 2.54. The highest BCUT2D eigenvalue weighted by atomic mass is 35.5. The minimum atomic E-state index is -4.47. The molecular weight excluding hydrogens is 358 g/mol. The highest BCUT2D eigenvalue weighted by Crippen LogP contribution is 2.24. The number of carbonyl (C=O) groups excluding carboxylic acids is 2. The summed E-state index contributed by atoms with van der Waals surface area (Å²) in [7, 11) is 1.43. The van der Waals surface area contributed by atoms with Gasteiger partial charge in [0.1, 0.15) is 6.54 Å². The topological polar surface area (TPSA) is 61.4 Å². The molecule has 0 unspecified atom stereocenters. The lowest BCUT2D eigenvalue weighted by Crippen LogP contribution is -2.41. The lowest BCUT2D eigenvalue weighted by molar-refractivity contribution is -0.139. The fraction of sp³-hybridized carbons (Fsp3) is 0.385. The van der Waals surface area contributed by atoms with Crippen molar-refractivity contribution in [2.75, 3.05) is 32.0 Å². The summed E-state index contributed by atoms with van der Waals surface area (Å²) in [5.41, 5.74) is 0.416. The molecule has 1 aromatic rings. The largest absolute Gasteiger partial charge is 0.405 e. The summed E-state index contributed by atoms with van der Waals surface area (Å²) >= 11 is 11.5. The number of amides is 2. The molecule has 0 aliphatic carbocycles. The van der Waals surface area contributed by atoms with Crippen LogP contribution in [0.1, 0.15) is 0 Å². The standard InChI is InChI=1S/C13H14Cl2F3N3O2/c1-21(5-11(22)19-7-13(16,17)18)6-12(23)20-8-2-3-9(14)10(15)4-8/h2-4H,5-7H2,1H3,(H,19,22)(H,20,23). The SMILES string of the molecule is CN(CC(=O)NCC(F)(F)F)CC(=O)Nc1ccc(Cl)c(Cl)c1. The maximum absolute atomic E-state index is 12.0. The molecule has 0 fully saturated rings. The van der Waals surface area contributed by atoms with Gasteiger partial charge in [-0.2, -0.15) is 13.2 Å². The van der Waals surface area contributed by atoms with E-state index in [-0.39, 0.29) is 18.1 Å². The Morgan fingerprint density at radius 2 is 1.74 bits per heavy atom. The number of rotatable bonds is 6. The smallest absolute Gasteiger partial charge is 0.346 e. The van der Waals surface area contributed by atoms with E-state index >= 15 is 0 Å². The molecule has 0 aliphatic rings. The summed E-state index contributed by atoms with van der Waals surface area (Å²) in [4.78, 5) is 24.4. The maximum atomic E-state index is 12.0. The zero-order chi connectivity index (χ0) is 17.6. The van der Waals surface area contributed by atoms with E-state index in [2.05, 4.69) is 5.32 Å². The molecule has 0 aliphatic heterocycles. The normalized spacial score (nSPS) is 11.4. The Labute approximate surface area is 140 Å². The van der Waals surface area contributed by atoms with Gasteiger partial charge >= 0.3 is 6.18 Å². The van der Waals surface area contributed by atoms with Gasteiger partial charge < -0.3 is 10.6 Å². The van der Waals surface area contributed by atoms with Crippen LogP contribution in [-0.4, -0.2) is 49.6 Å². The number of benzene rings is 1. The summed E-state index contributed by atoms with van der Waals surface area (Å²) in [5, 5.41) is 4.86. The Hall–Kier alpha value is -1.51. The van der Waals surface area contributed by atoms with Gasteiger partial charge in [0.25, 0.3) is 0 Å². The summed E-state index contributed by atoms with van der Waals surface area (Å²) in [6.45, 7) is -1.93. The lowest BCUT2D eigenvalue weighted by Gasteiger charge is -2.16. The van der Waals surface area contributed by atoms with Crippen LogP contribution < -0.4 is 10.6 Å². The van der Waals surface area contributed by atoms with Crippen LogP contribution in [0.4, 0.5) is 18.9 Å². The second kappa shape index (κ2) is 8.37. The number of hydrogen-bond acceptors (Lipinski definition) is 3. The van der Waals surface area contributed by atoms with E-state index in [0.29, 0.717) is 10.7 Å². The molecule has 0 spiro atoms. The first kappa shape index (κ1) is 19.5. The average Bonchev–Trinajstić information content (AvgIpc) is 2.39. The van der Waals surface area contributed by atoms with Gasteiger partial charge in [-0.15, -0.1) is 0 Å². The van der Waals surface area contributed by atoms with Crippen molar-refractivity contribution >= 4 is 40.7 Å². The average molecular weight is 372 g/mol. The molecule has 0 bridgehead atoms. The van der Waals surface area contributed by atoms with E-state index in [1.165, 1.54) is 24.1 Å². The molecule has 2 N–H and O–H groups in total. The first-order valence-electron chi connectivity index (χ1n) is 6.34. The van der Waals surface area contributed by atoms with Crippen molar-refractivity contribution in [1.29, 1.82) is 0 Å². The summed E-state index contributed by atoms with van der Waals surface area (Å²) < 4.78 is 35.9. The minimum Gasteiger partial charge on any atom is -0.346 e. The van der Waals surface area contributed by atoms with E-state index in [1.807, 2.05) is 0 Å². The molecule has 0 saturated heterocycles. The number of alkyl halides is 3. The van der Waals surface area contributed by atoms with Crippen LogP contribution >= 0.6 is 23.2 Å². The van der Waals surface area contributed by atoms with Crippen molar-refractivity contribution < 1.29 is 22.8 Å². The van der Waals surface area contributed by atoms with Crippen LogP contribution in [0.2, 0.25) is 10.0 Å². The molecule has 23 heavy (non-hydrogen) atoms. The van der Waals surface area contributed by atoms with Crippen molar-refractivity contribution in [1.82, 2.24) is 10.2 Å². The Kier molecular flexibility index (Phi) is 7.11. The number of nitrogens with one attached hydrogen (secondary N) is 2. The van der Waals surface area contributed by atoms with Crippen LogP contribution in [0.25, 0.3) is 0 Å². The molecule has 5 nitrogen and oxygen atoms in total. The number of hydrogen-bond donors (Lipinski definition) is 2. The van der Waals surface area contributed by atoms with Gasteiger partial charge in [0, 0.05) is 5.69 Å². The third kappa shape index (κ3) is 8.06. The van der Waals surface area contributed by atoms with Crippen LogP contribution in [-0.2, 0) is 9.59 Å². The van der Waals surface area contributed by atoms with Gasteiger partial charge in [-0.05, 0) is 25.2 Å². The predicted molar refractivity (Wildman–Crippen MR) is 81.7 cm³/mol. The van der Waals surface area contributed by atoms with Gasteiger partial charge in [-0.25, -0.2) is 0 Å². The lowest BCUT2D eigenvalue weighted by atomic mass is 10.3. The fourth-order valence-corrected chi connectivity index (χ4v) is 1.87. The molecule has 0 saturated carbocycles. The van der Waals surface area contributed by atoms with E-state index in [0.717, 1.165) is 0 Å². The van der Waals surface area contributed by atoms with Crippen molar-refractivity contribution in [3.05, 3.63) is 28.2 Å². The van der Waals surface area contributed by atoms with Gasteiger partial charge in [-0.3, -0.25) is 14.5 Å². The van der Waals surface area contributed by atoms with Gasteiger partial charge in [-0.1, -0.05) is 23.2 Å². The van der Waals surface area contributed by atoms with E-state index in [4.69, 9.17) is 23.2 Å². The summed E-state index contributed by atoms with van der Waals surface area (Å²) in [6.07, 6.45) is -4.47. The Balaban J connectivity index is 2.41. The number of carbonyl (C=O) groups is 2. The molecule has 0 atom stereocenters. The van der Waals surface area contributed by atoms with Crippen molar-refractivity contribution in [2.24, 2.45) is 0 Å². The molecule has 10 heteroatoms. The first-order chi connectivity index (χ1) is 10.6. The zero-order valence-electron chi connectivity index (χ0n) is 12.0. The van der Waals surface area contributed by atoms with Gasteiger partial charge in [0.05, 0.1) is 23.1 Å². The number of likely N-dealkylation sites (N-methyl/N-ethyl adjacent to an activating group) is 1. The molecule has 128 valence electrons. The second-order valence-electron chi connectivity index (χ2n) is 4.74. The fourth-order valence-electron chi connectivity index (χ4n) is 1.58.